The number of carbonyl (C=O) groups is 2. The van der Waals surface area contributed by atoms with Crippen molar-refractivity contribution in [1.29, 1.82) is 0 Å². The maximum Gasteiger partial charge on any atom is 0.253 e. The summed E-state index contributed by atoms with van der Waals surface area (Å²) in [5, 5.41) is 3.11. The number of nitrogens with one attached hydrogen (secondary N) is 1. The minimum Gasteiger partial charge on any atom is -0.349 e. The van der Waals surface area contributed by atoms with E-state index < -0.39 is 0 Å². The van der Waals surface area contributed by atoms with Crippen molar-refractivity contribution in [3.63, 3.8) is 0 Å². The largest absolute Gasteiger partial charge is 0.349 e. The first-order valence-corrected chi connectivity index (χ1v) is 8.27. The van der Waals surface area contributed by atoms with Crippen LogP contribution in [0.5, 0.6) is 0 Å². The molecule has 0 spiro atoms. The van der Waals surface area contributed by atoms with Gasteiger partial charge in [0.1, 0.15) is 0 Å². The molecule has 0 radical (unpaired) electrons. The summed E-state index contributed by atoms with van der Waals surface area (Å²) in [4.78, 5) is 32.5. The summed E-state index contributed by atoms with van der Waals surface area (Å²) in [7, 11) is 1.87. The van der Waals surface area contributed by atoms with Gasteiger partial charge in [0.05, 0.1) is 11.6 Å². The Hall–Kier alpha value is -1.95. The van der Waals surface area contributed by atoms with E-state index in [9.17, 15) is 9.59 Å². The minimum absolute atomic E-state index is 0.0391. The van der Waals surface area contributed by atoms with E-state index in [1.807, 2.05) is 24.9 Å². The second kappa shape index (κ2) is 6.66. The fourth-order valence-corrected chi connectivity index (χ4v) is 3.46. The normalized spacial score (nSPS) is 23.3. The minimum atomic E-state index is -0.0503. The molecule has 0 aliphatic carbocycles. The zero-order valence-electron chi connectivity index (χ0n) is 13.8. The van der Waals surface area contributed by atoms with Crippen molar-refractivity contribution in [1.82, 2.24) is 20.1 Å². The average Bonchev–Trinajstić information content (AvgIpc) is 2.88. The van der Waals surface area contributed by atoms with Crippen LogP contribution in [0.1, 0.15) is 35.2 Å². The monoisotopic (exact) mass is 316 g/mol. The van der Waals surface area contributed by atoms with Crippen LogP contribution in [-0.2, 0) is 4.79 Å². The van der Waals surface area contributed by atoms with Crippen LogP contribution in [-0.4, -0.2) is 65.4 Å². The lowest BCUT2D eigenvalue weighted by molar-refractivity contribution is -0.131. The Morgan fingerprint density at radius 1 is 1.26 bits per heavy atom. The smallest absolute Gasteiger partial charge is 0.253 e. The highest BCUT2D eigenvalue weighted by atomic mass is 16.2. The summed E-state index contributed by atoms with van der Waals surface area (Å²) in [6, 6.07) is 2.06. The number of pyridine rings is 1. The predicted molar refractivity (Wildman–Crippen MR) is 87.1 cm³/mol. The molecule has 2 aliphatic heterocycles. The third kappa shape index (κ3) is 3.37. The van der Waals surface area contributed by atoms with Gasteiger partial charge in [-0.05, 0) is 37.8 Å². The Morgan fingerprint density at radius 2 is 2.00 bits per heavy atom. The number of carbonyl (C=O) groups excluding carboxylic acids is 2. The first kappa shape index (κ1) is 15.9. The lowest BCUT2D eigenvalue weighted by Crippen LogP contribution is -2.50. The van der Waals surface area contributed by atoms with Crippen molar-refractivity contribution >= 4 is 11.8 Å². The van der Waals surface area contributed by atoms with Gasteiger partial charge in [-0.25, -0.2) is 0 Å². The van der Waals surface area contributed by atoms with Crippen molar-refractivity contribution in [3.05, 3.63) is 29.6 Å². The van der Waals surface area contributed by atoms with E-state index in [4.69, 9.17) is 0 Å². The average molecular weight is 316 g/mol. The van der Waals surface area contributed by atoms with Crippen LogP contribution in [0.15, 0.2) is 18.5 Å². The molecule has 2 amide bonds. The Labute approximate surface area is 136 Å². The van der Waals surface area contributed by atoms with Gasteiger partial charge >= 0.3 is 0 Å². The van der Waals surface area contributed by atoms with Gasteiger partial charge in [-0.15, -0.1) is 0 Å². The molecule has 6 heteroatoms. The first-order valence-electron chi connectivity index (χ1n) is 8.27. The molecule has 124 valence electrons. The van der Waals surface area contributed by atoms with Crippen molar-refractivity contribution in [2.24, 2.45) is 0 Å². The van der Waals surface area contributed by atoms with Gasteiger partial charge in [0.15, 0.2) is 0 Å². The van der Waals surface area contributed by atoms with Crippen LogP contribution in [0, 0.1) is 6.92 Å². The highest BCUT2D eigenvalue weighted by Crippen LogP contribution is 2.21. The molecule has 1 aromatic rings. The summed E-state index contributed by atoms with van der Waals surface area (Å²) in [5.74, 6) is 0.184. The van der Waals surface area contributed by atoms with E-state index in [0.717, 1.165) is 44.5 Å². The number of hydrogen-bond acceptors (Lipinski definition) is 4. The SMILES string of the molecule is Cc1ccncc1C(=O)NC1CCN(C2CCN(C)C2=O)CC1. The fourth-order valence-electron chi connectivity index (χ4n) is 3.46. The molecule has 1 aromatic heterocycles. The third-order valence-corrected chi connectivity index (χ3v) is 4.99. The molecular formula is C17H24N4O2. The van der Waals surface area contributed by atoms with Gasteiger partial charge in [0.25, 0.3) is 5.91 Å². The third-order valence-electron chi connectivity index (χ3n) is 4.99. The number of likely N-dealkylation sites (tertiary alicyclic amines) is 2. The molecule has 0 saturated carbocycles. The quantitative estimate of drug-likeness (QED) is 0.896. The topological polar surface area (TPSA) is 65.5 Å². The number of rotatable bonds is 3. The number of hydrogen-bond donors (Lipinski definition) is 1. The van der Waals surface area contributed by atoms with Gasteiger partial charge in [-0.2, -0.15) is 0 Å². The second-order valence-corrected chi connectivity index (χ2v) is 6.54. The van der Waals surface area contributed by atoms with Crippen LogP contribution in [0.25, 0.3) is 0 Å². The number of amides is 2. The Bertz CT molecular complexity index is 596. The molecule has 6 nitrogen and oxygen atoms in total. The standard InChI is InChI=1S/C17H24N4O2/c1-12-3-7-18-11-14(12)16(22)19-13-4-9-21(10-5-13)15-6-8-20(2)17(15)23/h3,7,11,13,15H,4-6,8-10H2,1-2H3,(H,19,22). The number of likely N-dealkylation sites (N-methyl/N-ethyl adjacent to an activating group) is 1. The predicted octanol–water partition coefficient (Wildman–Crippen LogP) is 0.815. The molecule has 23 heavy (non-hydrogen) atoms. The van der Waals surface area contributed by atoms with Crippen molar-refractivity contribution in [2.75, 3.05) is 26.7 Å². The van der Waals surface area contributed by atoms with E-state index in [1.165, 1.54) is 0 Å². The lowest BCUT2D eigenvalue weighted by atomic mass is 10.0. The Kier molecular flexibility index (Phi) is 4.61. The summed E-state index contributed by atoms with van der Waals surface area (Å²) < 4.78 is 0. The molecule has 2 fully saturated rings. The first-order chi connectivity index (χ1) is 11.1. The van der Waals surface area contributed by atoms with E-state index in [-0.39, 0.29) is 23.9 Å². The number of aromatic nitrogens is 1. The van der Waals surface area contributed by atoms with Gasteiger partial charge in [-0.3, -0.25) is 19.5 Å². The van der Waals surface area contributed by atoms with Crippen LogP contribution in [0.3, 0.4) is 0 Å². The van der Waals surface area contributed by atoms with Crippen LogP contribution < -0.4 is 5.32 Å². The van der Waals surface area contributed by atoms with Crippen LogP contribution in [0.4, 0.5) is 0 Å². The lowest BCUT2D eigenvalue weighted by Gasteiger charge is -2.35. The molecule has 3 heterocycles. The van der Waals surface area contributed by atoms with Gasteiger partial charge in [0, 0.05) is 45.1 Å². The molecule has 1 unspecified atom stereocenters. The second-order valence-electron chi connectivity index (χ2n) is 6.54. The van der Waals surface area contributed by atoms with Gasteiger partial charge < -0.3 is 10.2 Å². The molecule has 0 bridgehead atoms. The highest BCUT2D eigenvalue weighted by molar-refractivity contribution is 5.95. The number of piperidine rings is 1. The van der Waals surface area contributed by atoms with Crippen molar-refractivity contribution in [3.8, 4) is 0 Å². The molecule has 3 rings (SSSR count). The van der Waals surface area contributed by atoms with Crippen LogP contribution in [0.2, 0.25) is 0 Å². The van der Waals surface area contributed by atoms with E-state index in [1.54, 1.807) is 12.4 Å². The maximum atomic E-state index is 12.3. The summed E-state index contributed by atoms with van der Waals surface area (Å²) in [6.45, 7) is 4.49. The number of aryl methyl sites for hydroxylation is 1. The van der Waals surface area contributed by atoms with Gasteiger partial charge in [-0.1, -0.05) is 0 Å². The van der Waals surface area contributed by atoms with Gasteiger partial charge in [0.2, 0.25) is 5.91 Å². The number of nitrogens with zero attached hydrogens (tertiary/aromatic N) is 3. The summed E-state index contributed by atoms with van der Waals surface area (Å²) in [5.41, 5.74) is 1.58. The van der Waals surface area contributed by atoms with E-state index >= 15 is 0 Å². The zero-order valence-corrected chi connectivity index (χ0v) is 13.8. The van der Waals surface area contributed by atoms with E-state index in [2.05, 4.69) is 15.2 Å². The molecule has 2 aliphatic rings. The Morgan fingerprint density at radius 3 is 2.61 bits per heavy atom. The molecule has 1 atom stereocenters. The molecule has 1 N–H and O–H groups in total. The summed E-state index contributed by atoms with van der Waals surface area (Å²) >= 11 is 0. The highest BCUT2D eigenvalue weighted by Gasteiger charge is 2.35. The van der Waals surface area contributed by atoms with Crippen molar-refractivity contribution < 1.29 is 9.59 Å². The zero-order chi connectivity index (χ0) is 16.4. The van der Waals surface area contributed by atoms with Crippen LogP contribution >= 0.6 is 0 Å². The molecular weight excluding hydrogens is 292 g/mol. The maximum absolute atomic E-state index is 12.3. The van der Waals surface area contributed by atoms with E-state index in [0.29, 0.717) is 5.56 Å². The summed E-state index contributed by atoms with van der Waals surface area (Å²) in [6.07, 6.45) is 6.01. The fraction of sp³-hybridized carbons (Fsp3) is 0.588. The van der Waals surface area contributed by atoms with Crippen molar-refractivity contribution in [2.45, 2.75) is 38.3 Å². The Balaban J connectivity index is 1.53. The molecule has 0 aromatic carbocycles. The molecule has 2 saturated heterocycles.